The molecule has 0 saturated heterocycles. The normalized spacial score (nSPS) is 19.1. The van der Waals surface area contributed by atoms with E-state index in [1.54, 1.807) is 0 Å². The fraction of sp³-hybridized carbons (Fsp3) is 0.514. The molecule has 3 atom stereocenters. The smallest absolute Gasteiger partial charge is 0.307 e. The fourth-order valence-corrected chi connectivity index (χ4v) is 6.24. The topological polar surface area (TPSA) is 57.5 Å². The summed E-state index contributed by atoms with van der Waals surface area (Å²) in [5.74, 6) is -0.113. The van der Waals surface area contributed by atoms with Crippen molar-refractivity contribution in [2.24, 2.45) is 17.3 Å². The van der Waals surface area contributed by atoms with Crippen LogP contribution in [0.1, 0.15) is 95.5 Å². The van der Waals surface area contributed by atoms with Crippen molar-refractivity contribution >= 4 is 11.5 Å². The van der Waals surface area contributed by atoms with E-state index < -0.39 is 5.97 Å². The lowest BCUT2D eigenvalue weighted by Crippen LogP contribution is -2.34. The second-order valence-electron chi connectivity index (χ2n) is 12.4. The molecular formula is C35H48O3. The highest BCUT2D eigenvalue weighted by Gasteiger charge is 2.39. The molecule has 1 aliphatic carbocycles. The van der Waals surface area contributed by atoms with Gasteiger partial charge in [-0.1, -0.05) is 109 Å². The molecule has 38 heavy (non-hydrogen) atoms. The molecule has 0 saturated carbocycles. The quantitative estimate of drug-likeness (QED) is 0.334. The summed E-state index contributed by atoms with van der Waals surface area (Å²) in [6, 6.07) is 15.0. The summed E-state index contributed by atoms with van der Waals surface area (Å²) >= 11 is 0. The predicted molar refractivity (Wildman–Crippen MR) is 159 cm³/mol. The number of aliphatic hydroxyl groups is 1. The summed E-state index contributed by atoms with van der Waals surface area (Å²) in [5.41, 5.74) is 8.59. The van der Waals surface area contributed by atoms with Gasteiger partial charge in [0.15, 0.2) is 0 Å². The van der Waals surface area contributed by atoms with Crippen LogP contribution in [0.25, 0.3) is 5.57 Å². The number of carbonyl (C=O) groups is 1. The molecule has 0 fully saturated rings. The molecule has 0 aliphatic heterocycles. The first kappa shape index (κ1) is 29.9. The average molecular weight is 517 g/mol. The highest BCUT2D eigenvalue weighted by atomic mass is 16.4. The van der Waals surface area contributed by atoms with Crippen molar-refractivity contribution in [1.82, 2.24) is 0 Å². The van der Waals surface area contributed by atoms with Crippen LogP contribution >= 0.6 is 0 Å². The highest BCUT2D eigenvalue weighted by molar-refractivity contribution is 5.74. The van der Waals surface area contributed by atoms with E-state index in [9.17, 15) is 15.0 Å². The maximum absolute atomic E-state index is 11.2. The van der Waals surface area contributed by atoms with Crippen molar-refractivity contribution in [3.63, 3.8) is 0 Å². The zero-order chi connectivity index (χ0) is 28.3. The van der Waals surface area contributed by atoms with Crippen LogP contribution in [0.2, 0.25) is 0 Å². The minimum atomic E-state index is -0.800. The van der Waals surface area contributed by atoms with Gasteiger partial charge in [-0.2, -0.15) is 0 Å². The van der Waals surface area contributed by atoms with Gasteiger partial charge in [0.25, 0.3) is 0 Å². The van der Waals surface area contributed by atoms with Crippen LogP contribution in [-0.2, 0) is 23.1 Å². The molecule has 0 radical (unpaired) electrons. The molecule has 0 spiro atoms. The van der Waals surface area contributed by atoms with Crippen LogP contribution in [0.5, 0.6) is 0 Å². The zero-order valence-electron chi connectivity index (χ0n) is 24.8. The van der Waals surface area contributed by atoms with Crippen molar-refractivity contribution in [3.05, 3.63) is 88.0 Å². The third-order valence-corrected chi connectivity index (χ3v) is 9.13. The standard InChI is InChI=1S/C35H48O3/c1-9-35(10-2,29-16-14-27(23(3)20-29)15-19-32(36)34(6,7)8)31-18-17-30(24(4)25(31)5)28-13-11-12-26(21-28)22-33(37)38/h11-14,16-18,20-21,24-25,32,36H,9-10,15,19,22H2,1-8H3,(H,37,38)/t24?,25?,32-/m0/s1. The van der Waals surface area contributed by atoms with Crippen LogP contribution < -0.4 is 0 Å². The van der Waals surface area contributed by atoms with Gasteiger partial charge in [0.2, 0.25) is 0 Å². The molecule has 2 N–H and O–H groups in total. The molecule has 0 aromatic heterocycles. The monoisotopic (exact) mass is 516 g/mol. The van der Waals surface area contributed by atoms with Gasteiger partial charge in [0, 0.05) is 5.41 Å². The molecule has 206 valence electrons. The summed E-state index contributed by atoms with van der Waals surface area (Å²) in [6.45, 7) is 17.8. The van der Waals surface area contributed by atoms with Crippen LogP contribution in [-0.4, -0.2) is 22.3 Å². The number of carboxylic acids is 1. The van der Waals surface area contributed by atoms with Gasteiger partial charge < -0.3 is 10.2 Å². The Morgan fingerprint density at radius 3 is 2.24 bits per heavy atom. The summed E-state index contributed by atoms with van der Waals surface area (Å²) in [7, 11) is 0. The Balaban J connectivity index is 1.96. The molecule has 0 amide bonds. The SMILES string of the molecule is CCC(CC)(C1=CC=C(c2cccc(CC(=O)O)c2)C(C)C1C)c1ccc(CC[C@H](O)C(C)(C)C)c(C)c1. The molecule has 0 bridgehead atoms. The molecule has 0 heterocycles. The Morgan fingerprint density at radius 1 is 0.974 bits per heavy atom. The molecule has 1 aliphatic rings. The predicted octanol–water partition coefficient (Wildman–Crippen LogP) is 8.32. The molecule has 3 heteroatoms. The number of rotatable bonds is 10. The van der Waals surface area contributed by atoms with E-state index in [1.165, 1.54) is 27.8 Å². The Bertz CT molecular complexity index is 1190. The van der Waals surface area contributed by atoms with Gasteiger partial charge in [-0.25, -0.2) is 0 Å². The number of aliphatic carboxylic acids is 1. The largest absolute Gasteiger partial charge is 0.481 e. The Kier molecular flexibility index (Phi) is 9.47. The molecule has 2 unspecified atom stereocenters. The summed E-state index contributed by atoms with van der Waals surface area (Å²) < 4.78 is 0. The first-order valence-corrected chi connectivity index (χ1v) is 14.4. The van der Waals surface area contributed by atoms with Crippen molar-refractivity contribution in [2.75, 3.05) is 0 Å². The number of hydrogen-bond acceptors (Lipinski definition) is 2. The average Bonchev–Trinajstić information content (AvgIpc) is 2.86. The summed E-state index contributed by atoms with van der Waals surface area (Å²) in [4.78, 5) is 11.2. The van der Waals surface area contributed by atoms with E-state index in [4.69, 9.17) is 0 Å². The number of aliphatic hydroxyl groups excluding tert-OH is 1. The van der Waals surface area contributed by atoms with Gasteiger partial charge >= 0.3 is 5.97 Å². The van der Waals surface area contributed by atoms with E-state index in [-0.39, 0.29) is 23.4 Å². The lowest BCUT2D eigenvalue weighted by Gasteiger charge is -2.42. The second kappa shape index (κ2) is 12.0. The Morgan fingerprint density at radius 2 is 1.66 bits per heavy atom. The first-order valence-electron chi connectivity index (χ1n) is 14.4. The van der Waals surface area contributed by atoms with Crippen LogP contribution in [0.15, 0.2) is 60.2 Å². The fourth-order valence-electron chi connectivity index (χ4n) is 6.24. The first-order chi connectivity index (χ1) is 17.8. The summed E-state index contributed by atoms with van der Waals surface area (Å²) in [5, 5.41) is 19.8. The lowest BCUT2D eigenvalue weighted by atomic mass is 9.61. The third-order valence-electron chi connectivity index (χ3n) is 9.13. The maximum atomic E-state index is 11.2. The summed E-state index contributed by atoms with van der Waals surface area (Å²) in [6.07, 6.45) is 8.08. The molecule has 2 aromatic carbocycles. The molecule has 3 nitrogen and oxygen atoms in total. The van der Waals surface area contributed by atoms with Gasteiger partial charge in [0.05, 0.1) is 12.5 Å². The minimum Gasteiger partial charge on any atom is -0.481 e. The van der Waals surface area contributed by atoms with E-state index in [0.29, 0.717) is 11.8 Å². The van der Waals surface area contributed by atoms with E-state index >= 15 is 0 Å². The van der Waals surface area contributed by atoms with Crippen LogP contribution in [0.3, 0.4) is 0 Å². The van der Waals surface area contributed by atoms with Crippen LogP contribution in [0, 0.1) is 24.2 Å². The highest BCUT2D eigenvalue weighted by Crippen LogP contribution is 2.49. The van der Waals surface area contributed by atoms with Crippen molar-refractivity contribution < 1.29 is 15.0 Å². The lowest BCUT2D eigenvalue weighted by molar-refractivity contribution is -0.136. The third kappa shape index (κ3) is 6.31. The van der Waals surface area contributed by atoms with Crippen molar-refractivity contribution in [1.29, 1.82) is 0 Å². The molecular weight excluding hydrogens is 468 g/mol. The maximum Gasteiger partial charge on any atom is 0.307 e. The number of aryl methyl sites for hydroxylation is 2. The number of carboxylic acid groups (broad SMARTS) is 1. The number of hydrogen-bond donors (Lipinski definition) is 2. The van der Waals surface area contributed by atoms with E-state index in [2.05, 4.69) is 91.8 Å². The van der Waals surface area contributed by atoms with Crippen LogP contribution in [0.4, 0.5) is 0 Å². The zero-order valence-corrected chi connectivity index (χ0v) is 24.8. The second-order valence-corrected chi connectivity index (χ2v) is 12.4. The number of allylic oxidation sites excluding steroid dienone is 4. The minimum absolute atomic E-state index is 0.0327. The van der Waals surface area contributed by atoms with Crippen molar-refractivity contribution in [2.45, 2.75) is 99.0 Å². The van der Waals surface area contributed by atoms with E-state index in [0.717, 1.165) is 36.8 Å². The van der Waals surface area contributed by atoms with Gasteiger partial charge in [-0.15, -0.1) is 0 Å². The van der Waals surface area contributed by atoms with Gasteiger partial charge in [0.1, 0.15) is 0 Å². The van der Waals surface area contributed by atoms with Gasteiger partial charge in [-0.3, -0.25) is 4.79 Å². The van der Waals surface area contributed by atoms with Gasteiger partial charge in [-0.05, 0) is 83.2 Å². The van der Waals surface area contributed by atoms with Crippen molar-refractivity contribution in [3.8, 4) is 0 Å². The molecule has 3 rings (SSSR count). The number of benzene rings is 2. The Hall–Kier alpha value is -2.65. The van der Waals surface area contributed by atoms with E-state index in [1.807, 2.05) is 18.2 Å². The molecule has 2 aromatic rings. The Labute approximate surface area is 230 Å².